The summed E-state index contributed by atoms with van der Waals surface area (Å²) >= 11 is 0. The van der Waals surface area contributed by atoms with Crippen LogP contribution in [0.1, 0.15) is 63.5 Å². The molecule has 19 heavy (non-hydrogen) atoms. The molecule has 1 N–H and O–H groups in total. The van der Waals surface area contributed by atoms with Gasteiger partial charge in [-0.25, -0.2) is 0 Å². The van der Waals surface area contributed by atoms with Crippen molar-refractivity contribution in [3.05, 3.63) is 35.4 Å². The van der Waals surface area contributed by atoms with Gasteiger partial charge in [0.15, 0.2) is 0 Å². The lowest BCUT2D eigenvalue weighted by Crippen LogP contribution is -2.36. The number of benzene rings is 1. The molecule has 1 aliphatic carbocycles. The van der Waals surface area contributed by atoms with Crippen LogP contribution in [0.15, 0.2) is 24.3 Å². The highest BCUT2D eigenvalue weighted by Gasteiger charge is 2.24. The molecule has 1 aliphatic rings. The Morgan fingerprint density at radius 1 is 1.26 bits per heavy atom. The Morgan fingerprint density at radius 2 is 2.05 bits per heavy atom. The van der Waals surface area contributed by atoms with Gasteiger partial charge < -0.3 is 5.32 Å². The Hall–Kier alpha value is -0.820. The molecule has 0 saturated heterocycles. The predicted octanol–water partition coefficient (Wildman–Crippen LogP) is 4.52. The molecule has 2 rings (SSSR count). The van der Waals surface area contributed by atoms with Gasteiger partial charge in [-0.05, 0) is 61.6 Å². The molecule has 0 fully saturated rings. The highest BCUT2D eigenvalue weighted by atomic mass is 14.9. The first kappa shape index (κ1) is 14.6. The molecule has 0 spiro atoms. The normalized spacial score (nSPS) is 20.3. The van der Waals surface area contributed by atoms with Crippen LogP contribution in [-0.4, -0.2) is 12.6 Å². The third kappa shape index (κ3) is 3.82. The van der Waals surface area contributed by atoms with E-state index in [0.717, 1.165) is 18.4 Å². The fourth-order valence-corrected chi connectivity index (χ4v) is 3.33. The first-order valence-corrected chi connectivity index (χ1v) is 8.03. The van der Waals surface area contributed by atoms with Crippen molar-refractivity contribution >= 4 is 0 Å². The molecular formula is C18H29N. The molecule has 0 heterocycles. The standard InChI is InChI=1S/C18H29N/c1-4-12-19-18(14(2)3)13-16-10-7-9-15-8-5-6-11-17(15)16/h5-6,8,11,14,16,18-19H,4,7,9-10,12-13H2,1-3H3. The van der Waals surface area contributed by atoms with Crippen LogP contribution in [0.3, 0.4) is 0 Å². The summed E-state index contributed by atoms with van der Waals surface area (Å²) < 4.78 is 0. The van der Waals surface area contributed by atoms with Crippen molar-refractivity contribution in [1.82, 2.24) is 5.32 Å². The van der Waals surface area contributed by atoms with Gasteiger partial charge in [0.25, 0.3) is 0 Å². The molecule has 2 unspecified atom stereocenters. The third-order valence-electron chi connectivity index (χ3n) is 4.49. The Labute approximate surface area is 118 Å². The Bertz CT molecular complexity index is 383. The summed E-state index contributed by atoms with van der Waals surface area (Å²) in [6.07, 6.45) is 6.54. The number of hydrogen-bond acceptors (Lipinski definition) is 1. The predicted molar refractivity (Wildman–Crippen MR) is 83.7 cm³/mol. The van der Waals surface area contributed by atoms with E-state index in [2.05, 4.69) is 50.4 Å². The van der Waals surface area contributed by atoms with Gasteiger partial charge in [0, 0.05) is 6.04 Å². The smallest absolute Gasteiger partial charge is 0.00958 e. The summed E-state index contributed by atoms with van der Waals surface area (Å²) in [6.45, 7) is 8.10. The van der Waals surface area contributed by atoms with Gasteiger partial charge >= 0.3 is 0 Å². The van der Waals surface area contributed by atoms with Crippen LogP contribution >= 0.6 is 0 Å². The molecule has 1 heteroatoms. The molecule has 0 aromatic heterocycles. The van der Waals surface area contributed by atoms with Gasteiger partial charge in [-0.3, -0.25) is 0 Å². The van der Waals surface area contributed by atoms with Gasteiger partial charge in [-0.1, -0.05) is 45.0 Å². The molecule has 0 amide bonds. The van der Waals surface area contributed by atoms with Crippen molar-refractivity contribution in [2.45, 2.75) is 64.8 Å². The van der Waals surface area contributed by atoms with E-state index in [1.807, 2.05) is 0 Å². The first-order chi connectivity index (χ1) is 9.22. The van der Waals surface area contributed by atoms with Crippen molar-refractivity contribution in [3.8, 4) is 0 Å². The van der Waals surface area contributed by atoms with E-state index in [0.29, 0.717) is 6.04 Å². The molecule has 1 nitrogen and oxygen atoms in total. The zero-order valence-electron chi connectivity index (χ0n) is 12.8. The second-order valence-electron chi connectivity index (χ2n) is 6.33. The van der Waals surface area contributed by atoms with E-state index < -0.39 is 0 Å². The van der Waals surface area contributed by atoms with Crippen LogP contribution in [0, 0.1) is 5.92 Å². The molecule has 1 aromatic carbocycles. The summed E-state index contributed by atoms with van der Waals surface area (Å²) in [7, 11) is 0. The van der Waals surface area contributed by atoms with Crippen molar-refractivity contribution < 1.29 is 0 Å². The van der Waals surface area contributed by atoms with E-state index in [1.54, 1.807) is 11.1 Å². The third-order valence-corrected chi connectivity index (χ3v) is 4.49. The highest BCUT2D eigenvalue weighted by Crippen LogP contribution is 2.35. The van der Waals surface area contributed by atoms with E-state index in [4.69, 9.17) is 0 Å². The summed E-state index contributed by atoms with van der Waals surface area (Å²) in [6, 6.07) is 9.75. The van der Waals surface area contributed by atoms with Crippen molar-refractivity contribution in [2.24, 2.45) is 5.92 Å². The van der Waals surface area contributed by atoms with E-state index in [9.17, 15) is 0 Å². The number of nitrogens with one attached hydrogen (secondary N) is 1. The minimum atomic E-state index is 0.663. The molecule has 0 saturated carbocycles. The fourth-order valence-electron chi connectivity index (χ4n) is 3.33. The second kappa shape index (κ2) is 7.09. The Balaban J connectivity index is 2.05. The van der Waals surface area contributed by atoms with Gasteiger partial charge in [-0.15, -0.1) is 0 Å². The van der Waals surface area contributed by atoms with Gasteiger partial charge in [-0.2, -0.15) is 0 Å². The van der Waals surface area contributed by atoms with Gasteiger partial charge in [0.05, 0.1) is 0 Å². The van der Waals surface area contributed by atoms with Crippen molar-refractivity contribution in [2.75, 3.05) is 6.54 Å². The number of hydrogen-bond donors (Lipinski definition) is 1. The van der Waals surface area contributed by atoms with Crippen LogP contribution in [0.25, 0.3) is 0 Å². The molecule has 0 bridgehead atoms. The molecule has 1 aromatic rings. The average molecular weight is 259 g/mol. The topological polar surface area (TPSA) is 12.0 Å². The maximum absolute atomic E-state index is 3.75. The zero-order valence-corrected chi connectivity index (χ0v) is 12.8. The Morgan fingerprint density at radius 3 is 2.79 bits per heavy atom. The lowest BCUT2D eigenvalue weighted by Gasteiger charge is -2.31. The lowest BCUT2D eigenvalue weighted by atomic mass is 9.78. The SMILES string of the molecule is CCCNC(CC1CCCc2ccccc21)C(C)C. The molecule has 2 atom stereocenters. The minimum Gasteiger partial charge on any atom is -0.314 e. The fraction of sp³-hybridized carbons (Fsp3) is 0.667. The zero-order chi connectivity index (χ0) is 13.7. The van der Waals surface area contributed by atoms with Crippen LogP contribution in [0.4, 0.5) is 0 Å². The van der Waals surface area contributed by atoms with Crippen LogP contribution in [-0.2, 0) is 6.42 Å². The largest absolute Gasteiger partial charge is 0.314 e. The maximum Gasteiger partial charge on any atom is 0.00958 e. The number of rotatable bonds is 6. The van der Waals surface area contributed by atoms with Crippen LogP contribution in [0.2, 0.25) is 0 Å². The lowest BCUT2D eigenvalue weighted by molar-refractivity contribution is 0.339. The molecule has 0 radical (unpaired) electrons. The number of aryl methyl sites for hydroxylation is 1. The highest BCUT2D eigenvalue weighted by molar-refractivity contribution is 5.32. The van der Waals surface area contributed by atoms with Gasteiger partial charge in [0.1, 0.15) is 0 Å². The Kier molecular flexibility index (Phi) is 5.45. The quantitative estimate of drug-likeness (QED) is 0.792. The molecular weight excluding hydrogens is 230 g/mol. The molecule has 0 aliphatic heterocycles. The first-order valence-electron chi connectivity index (χ1n) is 8.03. The molecule has 106 valence electrons. The van der Waals surface area contributed by atoms with Gasteiger partial charge in [0.2, 0.25) is 0 Å². The van der Waals surface area contributed by atoms with Crippen molar-refractivity contribution in [3.63, 3.8) is 0 Å². The summed E-state index contributed by atoms with van der Waals surface area (Å²) in [5.74, 6) is 1.49. The van der Waals surface area contributed by atoms with E-state index >= 15 is 0 Å². The second-order valence-corrected chi connectivity index (χ2v) is 6.33. The summed E-state index contributed by atoms with van der Waals surface area (Å²) in [5.41, 5.74) is 3.22. The minimum absolute atomic E-state index is 0.663. The summed E-state index contributed by atoms with van der Waals surface area (Å²) in [4.78, 5) is 0. The average Bonchev–Trinajstić information content (AvgIpc) is 2.43. The monoisotopic (exact) mass is 259 g/mol. The maximum atomic E-state index is 3.75. The van der Waals surface area contributed by atoms with Crippen molar-refractivity contribution in [1.29, 1.82) is 0 Å². The van der Waals surface area contributed by atoms with E-state index in [-0.39, 0.29) is 0 Å². The van der Waals surface area contributed by atoms with Crippen LogP contribution < -0.4 is 5.32 Å². The summed E-state index contributed by atoms with van der Waals surface area (Å²) in [5, 5.41) is 3.75. The van der Waals surface area contributed by atoms with Crippen LogP contribution in [0.5, 0.6) is 0 Å². The number of fused-ring (bicyclic) bond motifs is 1. The van der Waals surface area contributed by atoms with E-state index in [1.165, 1.54) is 32.1 Å².